The Morgan fingerprint density at radius 1 is 1.00 bits per heavy atom. The first-order valence-electron chi connectivity index (χ1n) is 14.7. The average molecular weight is 670 g/mol. The molecule has 1 aliphatic heterocycles. The fourth-order valence-electron chi connectivity index (χ4n) is 5.13. The van der Waals surface area contributed by atoms with Crippen LogP contribution in [0.3, 0.4) is 0 Å². The van der Waals surface area contributed by atoms with E-state index in [0.717, 1.165) is 21.7 Å². The minimum Gasteiger partial charge on any atom is -0.345 e. The monoisotopic (exact) mass is 669 g/mol. The third-order valence-corrected chi connectivity index (χ3v) is 9.43. The van der Waals surface area contributed by atoms with Crippen molar-refractivity contribution >= 4 is 46.3 Å². The molecule has 238 valence electrons. The second-order valence-electron chi connectivity index (χ2n) is 10.6. The highest BCUT2D eigenvalue weighted by Crippen LogP contribution is 2.35. The number of nitro benzene ring substituents is 1. The SMILES string of the molecule is O=C(NCc1nnc(SCC(=O)N2N=C(c3cccs3)C[C@@H]2c2ccc(F)cc2)n1CCc1ccccc1)c1ccc([N+](=O)[O-])cc1. The Balaban J connectivity index is 1.18. The smallest absolute Gasteiger partial charge is 0.269 e. The van der Waals surface area contributed by atoms with E-state index in [1.165, 1.54) is 53.2 Å². The molecular weight excluding hydrogens is 642 g/mol. The highest BCUT2D eigenvalue weighted by molar-refractivity contribution is 7.99. The Kier molecular flexibility index (Phi) is 9.78. The van der Waals surface area contributed by atoms with Gasteiger partial charge in [0.15, 0.2) is 11.0 Å². The topological polar surface area (TPSA) is 136 Å². The highest BCUT2D eigenvalue weighted by Gasteiger charge is 2.33. The van der Waals surface area contributed by atoms with Gasteiger partial charge in [-0.15, -0.1) is 21.5 Å². The predicted molar refractivity (Wildman–Crippen MR) is 177 cm³/mol. The van der Waals surface area contributed by atoms with Gasteiger partial charge in [-0.2, -0.15) is 5.10 Å². The molecule has 1 N–H and O–H groups in total. The molecule has 0 saturated heterocycles. The van der Waals surface area contributed by atoms with E-state index in [1.807, 2.05) is 52.4 Å². The van der Waals surface area contributed by atoms with Crippen molar-refractivity contribution in [2.75, 3.05) is 5.75 Å². The molecule has 2 amide bonds. The van der Waals surface area contributed by atoms with E-state index < -0.39 is 10.8 Å². The maximum Gasteiger partial charge on any atom is 0.269 e. The molecule has 0 saturated carbocycles. The third-order valence-electron chi connectivity index (χ3n) is 7.56. The number of carbonyl (C=O) groups is 2. The Bertz CT molecular complexity index is 1900. The van der Waals surface area contributed by atoms with Crippen molar-refractivity contribution in [3.63, 3.8) is 0 Å². The van der Waals surface area contributed by atoms with Crippen molar-refractivity contribution in [3.05, 3.63) is 140 Å². The van der Waals surface area contributed by atoms with E-state index in [-0.39, 0.29) is 41.3 Å². The summed E-state index contributed by atoms with van der Waals surface area (Å²) in [6.07, 6.45) is 1.17. The van der Waals surface area contributed by atoms with Gasteiger partial charge in [-0.1, -0.05) is 60.3 Å². The number of amides is 2. The fraction of sp³-hybridized carbons (Fsp3) is 0.182. The number of aryl methyl sites for hydroxylation is 1. The maximum absolute atomic E-state index is 13.7. The number of non-ortho nitro benzene ring substituents is 1. The molecule has 0 spiro atoms. The number of hydrazone groups is 1. The minimum atomic E-state index is -0.525. The Morgan fingerprint density at radius 3 is 2.47 bits per heavy atom. The highest BCUT2D eigenvalue weighted by atomic mass is 32.2. The molecule has 47 heavy (non-hydrogen) atoms. The van der Waals surface area contributed by atoms with Crippen LogP contribution in [0.5, 0.6) is 0 Å². The zero-order valence-corrected chi connectivity index (χ0v) is 26.5. The van der Waals surface area contributed by atoms with Crippen molar-refractivity contribution in [3.8, 4) is 0 Å². The van der Waals surface area contributed by atoms with Crippen LogP contribution in [0.2, 0.25) is 0 Å². The Labute approximate surface area is 277 Å². The summed E-state index contributed by atoms with van der Waals surface area (Å²) in [4.78, 5) is 37.9. The van der Waals surface area contributed by atoms with Crippen LogP contribution in [-0.4, -0.2) is 48.0 Å². The summed E-state index contributed by atoms with van der Waals surface area (Å²) in [5, 5.41) is 31.1. The van der Waals surface area contributed by atoms with E-state index >= 15 is 0 Å². The fourth-order valence-corrected chi connectivity index (χ4v) is 6.69. The first-order valence-corrected chi connectivity index (χ1v) is 16.5. The lowest BCUT2D eigenvalue weighted by atomic mass is 10.0. The van der Waals surface area contributed by atoms with Crippen molar-refractivity contribution in [1.82, 2.24) is 25.1 Å². The third kappa shape index (κ3) is 7.61. The number of nitrogens with one attached hydrogen (secondary N) is 1. The second-order valence-corrected chi connectivity index (χ2v) is 12.5. The van der Waals surface area contributed by atoms with Gasteiger partial charge in [0, 0.05) is 30.7 Å². The molecule has 0 fully saturated rings. The van der Waals surface area contributed by atoms with Crippen LogP contribution in [0.4, 0.5) is 10.1 Å². The van der Waals surface area contributed by atoms with Crippen molar-refractivity contribution < 1.29 is 18.9 Å². The largest absolute Gasteiger partial charge is 0.345 e. The van der Waals surface area contributed by atoms with Crippen molar-refractivity contribution in [2.24, 2.45) is 5.10 Å². The van der Waals surface area contributed by atoms with Gasteiger partial charge < -0.3 is 9.88 Å². The number of thioether (sulfide) groups is 1. The van der Waals surface area contributed by atoms with Crippen LogP contribution >= 0.6 is 23.1 Å². The van der Waals surface area contributed by atoms with E-state index in [1.54, 1.807) is 23.5 Å². The van der Waals surface area contributed by atoms with Gasteiger partial charge in [-0.25, -0.2) is 9.40 Å². The number of nitro groups is 1. The van der Waals surface area contributed by atoms with Gasteiger partial charge in [0.05, 0.1) is 33.9 Å². The molecule has 1 aliphatic rings. The summed E-state index contributed by atoms with van der Waals surface area (Å²) in [5.74, 6) is -0.482. The van der Waals surface area contributed by atoms with Gasteiger partial charge in [0.1, 0.15) is 5.82 Å². The van der Waals surface area contributed by atoms with Crippen molar-refractivity contribution in [2.45, 2.75) is 37.1 Å². The standard InChI is InChI=1S/C33H28FN7O4S2/c34-25-12-8-23(9-13-25)28-19-27(29-7-4-18-46-29)38-40(28)31(42)21-47-33-37-36-30(39(33)17-16-22-5-2-1-3-6-22)20-35-32(43)24-10-14-26(15-11-24)41(44)45/h1-15,18,28H,16-17,19-21H2,(H,35,43)/t28-/m1/s1. The zero-order valence-electron chi connectivity index (χ0n) is 24.9. The molecule has 0 unspecified atom stereocenters. The number of rotatable bonds is 12. The molecule has 14 heteroatoms. The molecule has 11 nitrogen and oxygen atoms in total. The first kappa shape index (κ1) is 31.8. The lowest BCUT2D eigenvalue weighted by Crippen LogP contribution is -2.28. The Morgan fingerprint density at radius 2 is 1.77 bits per heavy atom. The number of nitrogens with zero attached hydrogens (tertiary/aromatic N) is 6. The van der Waals surface area contributed by atoms with Gasteiger partial charge in [-0.05, 0) is 53.3 Å². The number of hydrogen-bond donors (Lipinski definition) is 1. The molecule has 0 radical (unpaired) electrons. The maximum atomic E-state index is 13.7. The van der Waals surface area contributed by atoms with E-state index in [4.69, 9.17) is 5.10 Å². The molecular formula is C33H28FN7O4S2. The predicted octanol–water partition coefficient (Wildman–Crippen LogP) is 6.03. The summed E-state index contributed by atoms with van der Waals surface area (Å²) in [7, 11) is 0. The number of thiophene rings is 1. The summed E-state index contributed by atoms with van der Waals surface area (Å²) in [5.41, 5.74) is 2.85. The van der Waals surface area contributed by atoms with Crippen molar-refractivity contribution in [1.29, 1.82) is 0 Å². The van der Waals surface area contributed by atoms with Crippen LogP contribution in [0.25, 0.3) is 0 Å². The molecule has 6 rings (SSSR count). The summed E-state index contributed by atoms with van der Waals surface area (Å²) in [6, 6.07) is 24.9. The van der Waals surface area contributed by atoms with Gasteiger partial charge >= 0.3 is 0 Å². The van der Waals surface area contributed by atoms with E-state index in [0.29, 0.717) is 30.4 Å². The number of benzene rings is 3. The van der Waals surface area contributed by atoms with Crippen LogP contribution in [0.1, 0.15) is 44.6 Å². The lowest BCUT2D eigenvalue weighted by molar-refractivity contribution is -0.384. The van der Waals surface area contributed by atoms with Gasteiger partial charge in [0.2, 0.25) is 0 Å². The molecule has 0 aliphatic carbocycles. The molecule has 1 atom stereocenters. The molecule has 2 aromatic heterocycles. The average Bonchev–Trinajstić information content (AvgIpc) is 3.86. The quantitative estimate of drug-likeness (QED) is 0.0974. The van der Waals surface area contributed by atoms with Crippen LogP contribution in [0, 0.1) is 15.9 Å². The molecule has 3 aromatic carbocycles. The van der Waals surface area contributed by atoms with Gasteiger partial charge in [-0.3, -0.25) is 19.7 Å². The summed E-state index contributed by atoms with van der Waals surface area (Å²) >= 11 is 2.77. The number of hydrogen-bond acceptors (Lipinski definition) is 9. The first-order chi connectivity index (χ1) is 22.9. The summed E-state index contributed by atoms with van der Waals surface area (Å²) < 4.78 is 15.6. The van der Waals surface area contributed by atoms with Crippen LogP contribution in [-0.2, 0) is 24.3 Å². The molecule has 3 heterocycles. The second kappa shape index (κ2) is 14.5. The number of carbonyl (C=O) groups excluding carboxylic acids is 2. The number of aromatic nitrogens is 3. The van der Waals surface area contributed by atoms with Crippen LogP contribution < -0.4 is 5.32 Å². The summed E-state index contributed by atoms with van der Waals surface area (Å²) in [6.45, 7) is 0.554. The Hall–Kier alpha value is -5.21. The van der Waals surface area contributed by atoms with Gasteiger partial charge in [0.25, 0.3) is 17.5 Å². The minimum absolute atomic E-state index is 0.0253. The molecule has 5 aromatic rings. The van der Waals surface area contributed by atoms with E-state index in [9.17, 15) is 24.1 Å². The zero-order chi connectivity index (χ0) is 32.8. The molecule has 0 bridgehead atoms. The lowest BCUT2D eigenvalue weighted by Gasteiger charge is -2.22. The number of halogens is 1. The van der Waals surface area contributed by atoms with E-state index in [2.05, 4.69) is 15.5 Å². The van der Waals surface area contributed by atoms with Crippen LogP contribution in [0.15, 0.2) is 107 Å². The normalized spacial score (nSPS) is 14.2.